The molecule has 0 saturated carbocycles. The smallest absolute Gasteiger partial charge is 0.244 e. The van der Waals surface area contributed by atoms with E-state index >= 15 is 0 Å². The molecule has 0 bridgehead atoms. The molecule has 0 fully saturated rings. The summed E-state index contributed by atoms with van der Waals surface area (Å²) in [5, 5.41) is 8.31. The highest BCUT2D eigenvalue weighted by atomic mass is 32.2. The predicted octanol–water partition coefficient (Wildman–Crippen LogP) is 2.46. The summed E-state index contributed by atoms with van der Waals surface area (Å²) in [6.07, 6.45) is 0. The maximum absolute atomic E-state index is 12.8. The Bertz CT molecular complexity index is 762. The molecule has 1 atom stereocenters. The fourth-order valence-corrected chi connectivity index (χ4v) is 5.17. The number of hydrogen-bond acceptors (Lipinski definition) is 5. The van der Waals surface area contributed by atoms with E-state index in [0.717, 1.165) is 18.7 Å². The minimum atomic E-state index is -3.59. The van der Waals surface area contributed by atoms with Crippen LogP contribution in [0.4, 0.5) is 0 Å². The van der Waals surface area contributed by atoms with Gasteiger partial charge in [0.2, 0.25) is 10.0 Å². The molecule has 8 heteroatoms. The molecule has 2 rings (SSSR count). The fourth-order valence-electron chi connectivity index (χ4n) is 2.99. The van der Waals surface area contributed by atoms with E-state index < -0.39 is 10.0 Å². The van der Waals surface area contributed by atoms with Crippen LogP contribution in [0.3, 0.4) is 0 Å². The van der Waals surface area contributed by atoms with Crippen LogP contribution in [-0.2, 0) is 17.1 Å². The standard InChI is InChI=1S/C16H26N4O2S2/c1-6-20(7-2)15(14-8-9-23-11-14)10-17-24(21,22)16-12(3)18-19(5)13(16)4/h8-9,11,15,17H,6-7,10H2,1-5H3. The lowest BCUT2D eigenvalue weighted by atomic mass is 10.1. The topological polar surface area (TPSA) is 67.2 Å². The highest BCUT2D eigenvalue weighted by molar-refractivity contribution is 7.89. The quantitative estimate of drug-likeness (QED) is 0.775. The average Bonchev–Trinajstić information content (AvgIpc) is 3.12. The van der Waals surface area contributed by atoms with Crippen LogP contribution in [0.2, 0.25) is 0 Å². The van der Waals surface area contributed by atoms with E-state index in [1.807, 2.05) is 5.38 Å². The first-order valence-corrected chi connectivity index (χ1v) is 10.5. The number of aryl methyl sites for hydroxylation is 2. The molecule has 134 valence electrons. The molecule has 6 nitrogen and oxygen atoms in total. The van der Waals surface area contributed by atoms with Crippen molar-refractivity contribution >= 4 is 21.4 Å². The molecule has 1 N–H and O–H groups in total. The first kappa shape index (κ1) is 19.1. The van der Waals surface area contributed by atoms with E-state index in [9.17, 15) is 8.42 Å². The van der Waals surface area contributed by atoms with Crippen molar-refractivity contribution in [3.05, 3.63) is 33.8 Å². The van der Waals surface area contributed by atoms with Crippen molar-refractivity contribution in [1.29, 1.82) is 0 Å². The zero-order valence-corrected chi connectivity index (χ0v) is 16.5. The van der Waals surface area contributed by atoms with Gasteiger partial charge in [0, 0.05) is 19.6 Å². The fraction of sp³-hybridized carbons (Fsp3) is 0.562. The third kappa shape index (κ3) is 3.88. The molecule has 0 radical (unpaired) electrons. The molecule has 0 aliphatic rings. The van der Waals surface area contributed by atoms with Crippen LogP contribution in [0.25, 0.3) is 0 Å². The van der Waals surface area contributed by atoms with E-state index in [4.69, 9.17) is 0 Å². The normalized spacial score (nSPS) is 13.6. The van der Waals surface area contributed by atoms with Crippen LogP contribution in [0.5, 0.6) is 0 Å². The number of nitrogens with zero attached hydrogens (tertiary/aromatic N) is 3. The predicted molar refractivity (Wildman–Crippen MR) is 97.9 cm³/mol. The molecule has 1 unspecified atom stereocenters. The Labute approximate surface area is 148 Å². The second-order valence-corrected chi connectivity index (χ2v) is 8.25. The first-order valence-electron chi connectivity index (χ1n) is 8.07. The summed E-state index contributed by atoms with van der Waals surface area (Å²) < 4.78 is 30.0. The van der Waals surface area contributed by atoms with E-state index in [2.05, 4.69) is 40.0 Å². The van der Waals surface area contributed by atoms with Gasteiger partial charge < -0.3 is 0 Å². The van der Waals surface area contributed by atoms with Crippen molar-refractivity contribution in [2.24, 2.45) is 7.05 Å². The Hall–Kier alpha value is -1.22. The number of thiophene rings is 1. The molecule has 24 heavy (non-hydrogen) atoms. The number of sulfonamides is 1. The zero-order chi connectivity index (χ0) is 17.9. The van der Waals surface area contributed by atoms with E-state index in [1.165, 1.54) is 0 Å². The lowest BCUT2D eigenvalue weighted by Gasteiger charge is -2.29. The lowest BCUT2D eigenvalue weighted by molar-refractivity contribution is 0.220. The summed E-state index contributed by atoms with van der Waals surface area (Å²) in [5.41, 5.74) is 2.32. The van der Waals surface area contributed by atoms with Gasteiger partial charge in [0.1, 0.15) is 4.90 Å². The summed E-state index contributed by atoms with van der Waals surface area (Å²) in [7, 11) is -1.84. The number of hydrogen-bond donors (Lipinski definition) is 1. The van der Waals surface area contributed by atoms with Gasteiger partial charge in [0.05, 0.1) is 11.4 Å². The second-order valence-electron chi connectivity index (χ2n) is 5.77. The summed E-state index contributed by atoms with van der Waals surface area (Å²) >= 11 is 1.63. The Morgan fingerprint density at radius 3 is 2.46 bits per heavy atom. The minimum absolute atomic E-state index is 0.0262. The highest BCUT2D eigenvalue weighted by Gasteiger charge is 2.26. The second kappa shape index (κ2) is 7.77. The van der Waals surface area contributed by atoms with Crippen LogP contribution >= 0.6 is 11.3 Å². The number of aromatic nitrogens is 2. The molecular formula is C16H26N4O2S2. The Balaban J connectivity index is 2.25. The molecule has 2 heterocycles. The van der Waals surface area contributed by atoms with Gasteiger partial charge in [0.15, 0.2) is 0 Å². The van der Waals surface area contributed by atoms with Crippen molar-refractivity contribution in [1.82, 2.24) is 19.4 Å². The zero-order valence-electron chi connectivity index (χ0n) is 14.9. The van der Waals surface area contributed by atoms with Gasteiger partial charge in [-0.1, -0.05) is 13.8 Å². The van der Waals surface area contributed by atoms with Crippen molar-refractivity contribution in [3.63, 3.8) is 0 Å². The monoisotopic (exact) mass is 370 g/mol. The van der Waals surface area contributed by atoms with Crippen molar-refractivity contribution in [3.8, 4) is 0 Å². The highest BCUT2D eigenvalue weighted by Crippen LogP contribution is 2.24. The van der Waals surface area contributed by atoms with E-state index in [-0.39, 0.29) is 10.9 Å². The first-order chi connectivity index (χ1) is 11.3. The van der Waals surface area contributed by atoms with Gasteiger partial charge in [-0.05, 0) is 49.3 Å². The van der Waals surface area contributed by atoms with Gasteiger partial charge in [-0.2, -0.15) is 16.4 Å². The largest absolute Gasteiger partial charge is 0.296 e. The van der Waals surface area contributed by atoms with Crippen molar-refractivity contribution < 1.29 is 8.42 Å². The molecule has 0 saturated heterocycles. The van der Waals surface area contributed by atoms with Crippen LogP contribution in [0.1, 0.15) is 36.8 Å². The lowest BCUT2D eigenvalue weighted by Crippen LogP contribution is -2.38. The minimum Gasteiger partial charge on any atom is -0.296 e. The molecule has 0 spiro atoms. The molecule has 2 aromatic heterocycles. The molecule has 0 amide bonds. The number of rotatable bonds is 8. The summed E-state index contributed by atoms with van der Waals surface area (Å²) in [6.45, 7) is 9.75. The van der Waals surface area contributed by atoms with Gasteiger partial charge in [-0.15, -0.1) is 0 Å². The summed E-state index contributed by atoms with van der Waals surface area (Å²) in [6, 6.07) is 2.08. The third-order valence-corrected chi connectivity index (χ3v) is 6.74. The Kier molecular flexibility index (Phi) is 6.19. The Morgan fingerprint density at radius 2 is 2.00 bits per heavy atom. The van der Waals surface area contributed by atoms with Crippen LogP contribution in [0, 0.1) is 13.8 Å². The molecular weight excluding hydrogens is 344 g/mol. The Morgan fingerprint density at radius 1 is 1.33 bits per heavy atom. The summed E-state index contributed by atoms with van der Waals surface area (Å²) in [4.78, 5) is 2.54. The van der Waals surface area contributed by atoms with Crippen molar-refractivity contribution in [2.45, 2.75) is 38.6 Å². The van der Waals surface area contributed by atoms with Crippen molar-refractivity contribution in [2.75, 3.05) is 19.6 Å². The summed E-state index contributed by atoms with van der Waals surface area (Å²) in [5.74, 6) is 0. The molecule has 0 aliphatic heterocycles. The molecule has 0 aliphatic carbocycles. The van der Waals surface area contributed by atoms with Crippen LogP contribution in [-0.4, -0.2) is 42.7 Å². The molecule has 2 aromatic rings. The SMILES string of the molecule is CCN(CC)C(CNS(=O)(=O)c1c(C)nn(C)c1C)c1ccsc1. The van der Waals surface area contributed by atoms with Gasteiger partial charge in [-0.3, -0.25) is 9.58 Å². The van der Waals surface area contributed by atoms with Crippen LogP contribution in [0.15, 0.2) is 21.7 Å². The van der Waals surface area contributed by atoms with E-state index in [1.54, 1.807) is 36.9 Å². The van der Waals surface area contributed by atoms with Gasteiger partial charge >= 0.3 is 0 Å². The average molecular weight is 371 g/mol. The third-order valence-electron chi connectivity index (χ3n) is 4.36. The molecule has 0 aromatic carbocycles. The van der Waals surface area contributed by atoms with Gasteiger partial charge in [-0.25, -0.2) is 13.1 Å². The van der Waals surface area contributed by atoms with E-state index in [0.29, 0.717) is 17.9 Å². The maximum atomic E-state index is 12.8. The number of nitrogens with one attached hydrogen (secondary N) is 1. The number of likely N-dealkylation sites (N-methyl/N-ethyl adjacent to an activating group) is 1. The van der Waals surface area contributed by atoms with Gasteiger partial charge in [0.25, 0.3) is 0 Å². The van der Waals surface area contributed by atoms with Crippen LogP contribution < -0.4 is 4.72 Å². The maximum Gasteiger partial charge on any atom is 0.244 e.